The van der Waals surface area contributed by atoms with Gasteiger partial charge in [0.05, 0.1) is 21.5 Å². The Balaban J connectivity index is 1.81. The fourth-order valence-electron chi connectivity index (χ4n) is 4.41. The van der Waals surface area contributed by atoms with Gasteiger partial charge in [-0.3, -0.25) is 25.0 Å². The molecule has 0 spiro atoms. The first-order valence-electron chi connectivity index (χ1n) is 9.33. The van der Waals surface area contributed by atoms with Crippen LogP contribution in [0.2, 0.25) is 0 Å². The van der Waals surface area contributed by atoms with Gasteiger partial charge < -0.3 is 9.80 Å². The van der Waals surface area contributed by atoms with Gasteiger partial charge in [0.2, 0.25) is 0 Å². The molecule has 2 heterocycles. The third-order valence-electron chi connectivity index (χ3n) is 5.74. The third kappa shape index (κ3) is 3.23. The van der Waals surface area contributed by atoms with Gasteiger partial charge in [-0.2, -0.15) is 0 Å². The predicted octanol–water partition coefficient (Wildman–Crippen LogP) is 3.26. The number of likely N-dealkylation sites (tertiary alicyclic amines) is 1. The second-order valence-electron chi connectivity index (χ2n) is 7.71. The van der Waals surface area contributed by atoms with Gasteiger partial charge >= 0.3 is 0 Å². The SMILES string of the molecule is Cc1ccc2c(c1)C1CN(C)CCC1N2C(=O)c1cc([N+](=O)[O-])cc([N+](=O)[O-])c1. The molecule has 0 bridgehead atoms. The number of nitrogens with zero attached hydrogens (tertiary/aromatic N) is 4. The van der Waals surface area contributed by atoms with Gasteiger partial charge in [0, 0.05) is 36.3 Å². The Bertz CT molecular complexity index is 1010. The molecule has 1 amide bonds. The molecule has 2 aliphatic heterocycles. The van der Waals surface area contributed by atoms with Crippen molar-refractivity contribution in [1.29, 1.82) is 0 Å². The lowest BCUT2D eigenvalue weighted by Gasteiger charge is -2.36. The number of hydrogen-bond donors (Lipinski definition) is 0. The van der Waals surface area contributed by atoms with Crippen LogP contribution in [0.4, 0.5) is 17.1 Å². The summed E-state index contributed by atoms with van der Waals surface area (Å²) in [5.74, 6) is -0.305. The standard InChI is InChI=1S/C20H20N4O5/c1-12-3-4-18-16(7-12)17-11-21(2)6-5-19(17)22(18)20(25)13-8-14(23(26)27)10-15(9-13)24(28)29/h3-4,7-10,17,19H,5-6,11H2,1-2H3. The molecular formula is C20H20N4O5. The Labute approximate surface area is 166 Å². The average Bonchev–Trinajstić information content (AvgIpc) is 2.99. The highest BCUT2D eigenvalue weighted by atomic mass is 16.6. The molecule has 0 saturated carbocycles. The number of amides is 1. The van der Waals surface area contributed by atoms with E-state index in [1.165, 1.54) is 0 Å². The van der Waals surface area contributed by atoms with E-state index in [1.54, 1.807) is 4.90 Å². The third-order valence-corrected chi connectivity index (χ3v) is 5.74. The number of non-ortho nitro benzene ring substituents is 2. The lowest BCUT2D eigenvalue weighted by atomic mass is 9.88. The van der Waals surface area contributed by atoms with Crippen LogP contribution in [0, 0.1) is 27.2 Å². The minimum absolute atomic E-state index is 0.0444. The summed E-state index contributed by atoms with van der Waals surface area (Å²) in [6.07, 6.45) is 0.762. The Hall–Kier alpha value is -3.33. The maximum atomic E-state index is 13.4. The zero-order valence-corrected chi connectivity index (χ0v) is 16.1. The van der Waals surface area contributed by atoms with Gasteiger partial charge in [0.1, 0.15) is 0 Å². The van der Waals surface area contributed by atoms with Crippen LogP contribution in [0.5, 0.6) is 0 Å². The molecule has 2 aromatic carbocycles. The van der Waals surface area contributed by atoms with Crippen molar-refractivity contribution in [1.82, 2.24) is 4.90 Å². The van der Waals surface area contributed by atoms with Crippen LogP contribution in [0.15, 0.2) is 36.4 Å². The topological polar surface area (TPSA) is 110 Å². The number of anilines is 1. The van der Waals surface area contributed by atoms with E-state index in [1.807, 2.05) is 26.1 Å². The first kappa shape index (κ1) is 19.0. The van der Waals surface area contributed by atoms with Crippen LogP contribution in [-0.2, 0) is 0 Å². The van der Waals surface area contributed by atoms with E-state index in [-0.39, 0.29) is 17.5 Å². The van der Waals surface area contributed by atoms with Crippen molar-refractivity contribution in [3.63, 3.8) is 0 Å². The van der Waals surface area contributed by atoms with Gasteiger partial charge in [-0.15, -0.1) is 0 Å². The highest BCUT2D eigenvalue weighted by Crippen LogP contribution is 2.45. The first-order chi connectivity index (χ1) is 13.8. The summed E-state index contributed by atoms with van der Waals surface area (Å²) in [4.78, 5) is 38.4. The van der Waals surface area contributed by atoms with E-state index in [4.69, 9.17) is 0 Å². The molecule has 1 saturated heterocycles. The number of likely N-dealkylation sites (N-methyl/N-ethyl adjacent to an activating group) is 1. The van der Waals surface area contributed by atoms with Crippen molar-refractivity contribution in [3.8, 4) is 0 Å². The fraction of sp³-hybridized carbons (Fsp3) is 0.350. The van der Waals surface area contributed by atoms with E-state index < -0.39 is 27.1 Å². The van der Waals surface area contributed by atoms with Gasteiger partial charge in [0.25, 0.3) is 17.3 Å². The zero-order chi connectivity index (χ0) is 20.9. The molecule has 9 heteroatoms. The molecule has 0 aromatic heterocycles. The number of aryl methyl sites for hydroxylation is 1. The van der Waals surface area contributed by atoms with Crippen LogP contribution in [0.25, 0.3) is 0 Å². The molecule has 1 fully saturated rings. The van der Waals surface area contributed by atoms with Crippen LogP contribution >= 0.6 is 0 Å². The summed E-state index contributed by atoms with van der Waals surface area (Å²) in [7, 11) is 2.04. The highest BCUT2D eigenvalue weighted by Gasteiger charge is 2.44. The lowest BCUT2D eigenvalue weighted by Crippen LogP contribution is -2.47. The second-order valence-corrected chi connectivity index (χ2v) is 7.71. The number of benzene rings is 2. The lowest BCUT2D eigenvalue weighted by molar-refractivity contribution is -0.394. The maximum Gasteiger partial charge on any atom is 0.277 e. The zero-order valence-electron chi connectivity index (χ0n) is 16.1. The van der Waals surface area contributed by atoms with E-state index in [0.717, 1.165) is 54.5 Å². The van der Waals surface area contributed by atoms with Crippen molar-refractivity contribution in [2.75, 3.05) is 25.0 Å². The Morgan fingerprint density at radius 2 is 1.72 bits per heavy atom. The average molecular weight is 396 g/mol. The predicted molar refractivity (Wildman–Crippen MR) is 106 cm³/mol. The molecule has 150 valence electrons. The summed E-state index contributed by atoms with van der Waals surface area (Å²) in [5, 5.41) is 22.4. The minimum Gasteiger partial charge on any atom is -0.306 e. The molecule has 9 nitrogen and oxygen atoms in total. The Kier molecular flexibility index (Phi) is 4.54. The number of nitro groups is 2. The van der Waals surface area contributed by atoms with Gasteiger partial charge in [-0.25, -0.2) is 0 Å². The maximum absolute atomic E-state index is 13.4. The van der Waals surface area contributed by atoms with Gasteiger partial charge in [0.15, 0.2) is 0 Å². The molecule has 0 radical (unpaired) electrons. The van der Waals surface area contributed by atoms with E-state index >= 15 is 0 Å². The molecule has 2 aliphatic rings. The van der Waals surface area contributed by atoms with Crippen molar-refractivity contribution >= 4 is 23.0 Å². The largest absolute Gasteiger partial charge is 0.306 e. The van der Waals surface area contributed by atoms with Crippen molar-refractivity contribution in [3.05, 3.63) is 73.3 Å². The number of rotatable bonds is 3. The number of carbonyl (C=O) groups is 1. The van der Waals surface area contributed by atoms with Crippen molar-refractivity contribution < 1.29 is 14.6 Å². The second kappa shape index (κ2) is 6.93. The molecule has 29 heavy (non-hydrogen) atoms. The number of fused-ring (bicyclic) bond motifs is 3. The number of piperidine rings is 1. The first-order valence-corrected chi connectivity index (χ1v) is 9.33. The number of nitro benzene ring substituents is 2. The fourth-order valence-corrected chi connectivity index (χ4v) is 4.41. The summed E-state index contributed by atoms with van der Waals surface area (Å²) in [6, 6.07) is 8.93. The number of carbonyl (C=O) groups excluding carboxylic acids is 1. The normalized spacial score (nSPS) is 20.8. The van der Waals surface area contributed by atoms with Crippen molar-refractivity contribution in [2.45, 2.75) is 25.3 Å². The quantitative estimate of drug-likeness (QED) is 0.582. The smallest absolute Gasteiger partial charge is 0.277 e. The van der Waals surface area contributed by atoms with Crippen LogP contribution in [0.3, 0.4) is 0 Å². The van der Waals surface area contributed by atoms with Gasteiger partial charge in [-0.05, 0) is 38.6 Å². The molecule has 0 aliphatic carbocycles. The van der Waals surface area contributed by atoms with E-state index in [2.05, 4.69) is 11.0 Å². The Morgan fingerprint density at radius 3 is 2.34 bits per heavy atom. The summed E-state index contributed by atoms with van der Waals surface area (Å²) in [6.45, 7) is 3.63. The highest BCUT2D eigenvalue weighted by molar-refractivity contribution is 6.08. The monoisotopic (exact) mass is 396 g/mol. The van der Waals surface area contributed by atoms with Crippen LogP contribution < -0.4 is 4.90 Å². The molecule has 2 atom stereocenters. The van der Waals surface area contributed by atoms with E-state index in [9.17, 15) is 25.0 Å². The molecule has 2 unspecified atom stereocenters. The molecule has 2 aromatic rings. The van der Waals surface area contributed by atoms with Crippen LogP contribution in [0.1, 0.15) is 33.8 Å². The van der Waals surface area contributed by atoms with Crippen LogP contribution in [-0.4, -0.2) is 46.8 Å². The molecular weight excluding hydrogens is 376 g/mol. The summed E-state index contributed by atoms with van der Waals surface area (Å²) < 4.78 is 0. The molecule has 0 N–H and O–H groups in total. The summed E-state index contributed by atoms with van der Waals surface area (Å²) >= 11 is 0. The van der Waals surface area contributed by atoms with E-state index in [0.29, 0.717) is 0 Å². The number of hydrogen-bond acceptors (Lipinski definition) is 6. The Morgan fingerprint density at radius 1 is 1.07 bits per heavy atom. The molecule has 4 rings (SSSR count). The minimum atomic E-state index is -0.719. The van der Waals surface area contributed by atoms with Gasteiger partial charge in [-0.1, -0.05) is 17.7 Å². The van der Waals surface area contributed by atoms with Crippen molar-refractivity contribution in [2.24, 2.45) is 0 Å². The summed E-state index contributed by atoms with van der Waals surface area (Å²) in [5.41, 5.74) is 1.97.